The molecule has 18 heavy (non-hydrogen) atoms. The molecule has 0 heterocycles. The lowest BCUT2D eigenvalue weighted by molar-refractivity contribution is 0.647. The van der Waals surface area contributed by atoms with Crippen LogP contribution >= 0.6 is 0 Å². The highest BCUT2D eigenvalue weighted by Crippen LogP contribution is 2.25. The SMILES string of the molecule is Cc1ccc(-c2ccc(CC(C)C)cc2C)cc1. The first kappa shape index (κ1) is 12.9. The van der Waals surface area contributed by atoms with E-state index in [0.717, 1.165) is 12.3 Å². The zero-order valence-corrected chi connectivity index (χ0v) is 11.8. The van der Waals surface area contributed by atoms with Crippen LogP contribution < -0.4 is 0 Å². The highest BCUT2D eigenvalue weighted by atomic mass is 14.1. The predicted molar refractivity (Wildman–Crippen MR) is 79.9 cm³/mol. The summed E-state index contributed by atoms with van der Waals surface area (Å²) < 4.78 is 0. The first-order valence-corrected chi connectivity index (χ1v) is 6.73. The molecule has 0 aliphatic heterocycles. The molecule has 0 nitrogen and oxygen atoms in total. The van der Waals surface area contributed by atoms with Crippen LogP contribution in [-0.2, 0) is 6.42 Å². The Morgan fingerprint density at radius 2 is 1.56 bits per heavy atom. The maximum atomic E-state index is 2.33. The molecule has 0 radical (unpaired) electrons. The van der Waals surface area contributed by atoms with Gasteiger partial charge >= 0.3 is 0 Å². The van der Waals surface area contributed by atoms with Crippen LogP contribution in [0.5, 0.6) is 0 Å². The largest absolute Gasteiger partial charge is 0.0625 e. The van der Waals surface area contributed by atoms with E-state index in [0.29, 0.717) is 0 Å². The van der Waals surface area contributed by atoms with Gasteiger partial charge in [-0.05, 0) is 48.4 Å². The average Bonchev–Trinajstić information content (AvgIpc) is 2.30. The molecule has 0 saturated heterocycles. The average molecular weight is 238 g/mol. The van der Waals surface area contributed by atoms with Crippen LogP contribution in [0.1, 0.15) is 30.5 Å². The van der Waals surface area contributed by atoms with E-state index in [1.807, 2.05) is 0 Å². The Morgan fingerprint density at radius 3 is 2.11 bits per heavy atom. The van der Waals surface area contributed by atoms with Crippen LogP contribution in [0, 0.1) is 19.8 Å². The van der Waals surface area contributed by atoms with Crippen molar-refractivity contribution in [1.29, 1.82) is 0 Å². The molecule has 0 amide bonds. The van der Waals surface area contributed by atoms with Crippen LogP contribution in [-0.4, -0.2) is 0 Å². The van der Waals surface area contributed by atoms with Gasteiger partial charge in [0.25, 0.3) is 0 Å². The summed E-state index contributed by atoms with van der Waals surface area (Å²) >= 11 is 0. The van der Waals surface area contributed by atoms with E-state index in [1.165, 1.54) is 27.8 Å². The van der Waals surface area contributed by atoms with Crippen molar-refractivity contribution >= 4 is 0 Å². The number of hydrogen-bond donors (Lipinski definition) is 0. The van der Waals surface area contributed by atoms with Crippen molar-refractivity contribution in [1.82, 2.24) is 0 Å². The quantitative estimate of drug-likeness (QED) is 0.692. The lowest BCUT2D eigenvalue weighted by atomic mass is 9.95. The second-order valence-electron chi connectivity index (χ2n) is 5.61. The third-order valence-corrected chi connectivity index (χ3v) is 3.30. The highest BCUT2D eigenvalue weighted by molar-refractivity contribution is 5.67. The predicted octanol–water partition coefficient (Wildman–Crippen LogP) is 5.17. The number of benzene rings is 2. The summed E-state index contributed by atoms with van der Waals surface area (Å²) in [5.74, 6) is 0.717. The van der Waals surface area contributed by atoms with Gasteiger partial charge in [-0.3, -0.25) is 0 Å². The molecule has 0 unspecified atom stereocenters. The van der Waals surface area contributed by atoms with Gasteiger partial charge in [0.15, 0.2) is 0 Å². The molecular weight excluding hydrogens is 216 g/mol. The molecule has 0 saturated carbocycles. The van der Waals surface area contributed by atoms with Gasteiger partial charge in [-0.2, -0.15) is 0 Å². The van der Waals surface area contributed by atoms with E-state index in [4.69, 9.17) is 0 Å². The first-order valence-electron chi connectivity index (χ1n) is 6.73. The van der Waals surface area contributed by atoms with Gasteiger partial charge in [0, 0.05) is 0 Å². The minimum absolute atomic E-state index is 0.717. The van der Waals surface area contributed by atoms with Crippen molar-refractivity contribution in [3.05, 3.63) is 59.2 Å². The zero-order chi connectivity index (χ0) is 13.1. The van der Waals surface area contributed by atoms with Gasteiger partial charge in [0.05, 0.1) is 0 Å². The lowest BCUT2D eigenvalue weighted by Crippen LogP contribution is -1.95. The van der Waals surface area contributed by atoms with Crippen LogP contribution in [0.3, 0.4) is 0 Å². The zero-order valence-electron chi connectivity index (χ0n) is 11.8. The van der Waals surface area contributed by atoms with Gasteiger partial charge in [0.2, 0.25) is 0 Å². The van der Waals surface area contributed by atoms with E-state index in [9.17, 15) is 0 Å². The van der Waals surface area contributed by atoms with Crippen LogP contribution in [0.4, 0.5) is 0 Å². The normalized spacial score (nSPS) is 10.9. The van der Waals surface area contributed by atoms with Crippen molar-refractivity contribution in [3.63, 3.8) is 0 Å². The molecule has 0 aliphatic rings. The van der Waals surface area contributed by atoms with Crippen LogP contribution in [0.15, 0.2) is 42.5 Å². The minimum atomic E-state index is 0.717. The monoisotopic (exact) mass is 238 g/mol. The Kier molecular flexibility index (Phi) is 3.86. The van der Waals surface area contributed by atoms with Crippen molar-refractivity contribution in [2.45, 2.75) is 34.1 Å². The lowest BCUT2D eigenvalue weighted by Gasteiger charge is -2.10. The number of rotatable bonds is 3. The van der Waals surface area contributed by atoms with Crippen molar-refractivity contribution < 1.29 is 0 Å². The fraction of sp³-hybridized carbons (Fsp3) is 0.333. The first-order chi connectivity index (χ1) is 8.56. The van der Waals surface area contributed by atoms with E-state index in [2.05, 4.69) is 70.2 Å². The van der Waals surface area contributed by atoms with E-state index in [-0.39, 0.29) is 0 Å². The third-order valence-electron chi connectivity index (χ3n) is 3.30. The maximum Gasteiger partial charge on any atom is -0.0155 e. The second kappa shape index (κ2) is 5.39. The van der Waals surface area contributed by atoms with Gasteiger partial charge in [-0.25, -0.2) is 0 Å². The Hall–Kier alpha value is -1.56. The third kappa shape index (κ3) is 3.01. The smallest absolute Gasteiger partial charge is 0.0155 e. The molecule has 0 fully saturated rings. The number of hydrogen-bond acceptors (Lipinski definition) is 0. The number of aryl methyl sites for hydroxylation is 2. The summed E-state index contributed by atoms with van der Waals surface area (Å²) in [6.45, 7) is 8.87. The van der Waals surface area contributed by atoms with Gasteiger partial charge in [0.1, 0.15) is 0 Å². The Balaban J connectivity index is 2.32. The fourth-order valence-corrected chi connectivity index (χ4v) is 2.38. The summed E-state index contributed by atoms with van der Waals surface area (Å²) in [7, 11) is 0. The molecule has 0 bridgehead atoms. The van der Waals surface area contributed by atoms with E-state index < -0.39 is 0 Å². The topological polar surface area (TPSA) is 0 Å². The van der Waals surface area contributed by atoms with E-state index in [1.54, 1.807) is 0 Å². The summed E-state index contributed by atoms with van der Waals surface area (Å²) in [5.41, 5.74) is 6.79. The minimum Gasteiger partial charge on any atom is -0.0625 e. The molecule has 0 aromatic heterocycles. The van der Waals surface area contributed by atoms with E-state index >= 15 is 0 Å². The van der Waals surface area contributed by atoms with Gasteiger partial charge in [-0.15, -0.1) is 0 Å². The van der Waals surface area contributed by atoms with Crippen molar-refractivity contribution in [2.75, 3.05) is 0 Å². The molecular formula is C18H22. The molecule has 2 aromatic rings. The second-order valence-corrected chi connectivity index (χ2v) is 5.61. The molecule has 2 aromatic carbocycles. The Bertz CT molecular complexity index is 518. The highest BCUT2D eigenvalue weighted by Gasteiger charge is 2.04. The Morgan fingerprint density at radius 1 is 0.889 bits per heavy atom. The molecule has 2 rings (SSSR count). The molecule has 0 spiro atoms. The molecule has 0 aliphatic carbocycles. The molecule has 0 atom stereocenters. The summed E-state index contributed by atoms with van der Waals surface area (Å²) in [6.07, 6.45) is 1.16. The van der Waals surface area contributed by atoms with Crippen molar-refractivity contribution in [3.8, 4) is 11.1 Å². The van der Waals surface area contributed by atoms with Gasteiger partial charge < -0.3 is 0 Å². The fourth-order valence-electron chi connectivity index (χ4n) is 2.38. The van der Waals surface area contributed by atoms with Crippen LogP contribution in [0.25, 0.3) is 11.1 Å². The van der Waals surface area contributed by atoms with Gasteiger partial charge in [-0.1, -0.05) is 61.9 Å². The molecule has 94 valence electrons. The molecule has 0 N–H and O–H groups in total. The summed E-state index contributed by atoms with van der Waals surface area (Å²) in [5, 5.41) is 0. The Labute approximate surface area is 111 Å². The summed E-state index contributed by atoms with van der Waals surface area (Å²) in [6, 6.07) is 15.6. The standard InChI is InChI=1S/C18H22/c1-13(2)11-16-7-10-18(15(4)12-16)17-8-5-14(3)6-9-17/h5-10,12-13H,11H2,1-4H3. The maximum absolute atomic E-state index is 2.33. The van der Waals surface area contributed by atoms with Crippen molar-refractivity contribution in [2.24, 2.45) is 5.92 Å². The summed E-state index contributed by atoms with van der Waals surface area (Å²) in [4.78, 5) is 0. The van der Waals surface area contributed by atoms with Crippen LogP contribution in [0.2, 0.25) is 0 Å². The molecule has 0 heteroatoms.